The summed E-state index contributed by atoms with van der Waals surface area (Å²) < 4.78 is 1.81. The van der Waals surface area contributed by atoms with Crippen LogP contribution in [0.15, 0.2) is 54.7 Å². The number of para-hydroxylation sites is 1. The lowest BCUT2D eigenvalue weighted by molar-refractivity contribution is -0.134. The minimum absolute atomic E-state index is 0.101. The van der Waals surface area contributed by atoms with Gasteiger partial charge in [-0.15, -0.1) is 0 Å². The lowest BCUT2D eigenvalue weighted by Gasteiger charge is -2.14. The van der Waals surface area contributed by atoms with Crippen LogP contribution in [0.3, 0.4) is 0 Å². The summed E-state index contributed by atoms with van der Waals surface area (Å²) in [5.41, 5.74) is 4.71. The number of nitrogens with zero attached hydrogens (tertiary/aromatic N) is 2. The fourth-order valence-electron chi connectivity index (χ4n) is 2.74. The second-order valence-electron chi connectivity index (χ2n) is 5.84. The molecule has 0 aliphatic heterocycles. The summed E-state index contributed by atoms with van der Waals surface area (Å²) in [6.45, 7) is 3.80. The molecule has 2 aromatic carbocycles. The Hall–Kier alpha value is -3.28. The monoisotopic (exact) mass is 336 g/mol. The lowest BCUT2D eigenvalue weighted by atomic mass is 10.1. The van der Waals surface area contributed by atoms with Crippen molar-refractivity contribution in [1.29, 1.82) is 0 Å². The van der Waals surface area contributed by atoms with Crippen molar-refractivity contribution in [3.8, 4) is 5.69 Å². The van der Waals surface area contributed by atoms with Crippen LogP contribution >= 0.6 is 0 Å². The summed E-state index contributed by atoms with van der Waals surface area (Å²) in [6, 6.07) is 15.8. The standard InChI is InChI=1S/C19H20N4O2/c1-13-10-15(11-14(2)19(13)20-12-18(24)25)21-17-8-9-23(22-17)16-6-4-3-5-7-16/h3-11,20H,12H2,1-2H3,(H,21,22)(H,24,25). The minimum atomic E-state index is -0.882. The zero-order chi connectivity index (χ0) is 17.8. The van der Waals surface area contributed by atoms with Crippen molar-refractivity contribution in [2.24, 2.45) is 0 Å². The molecule has 1 heterocycles. The number of hydrogen-bond acceptors (Lipinski definition) is 4. The summed E-state index contributed by atoms with van der Waals surface area (Å²) in [5, 5.41) is 19.6. The van der Waals surface area contributed by atoms with E-state index >= 15 is 0 Å². The molecule has 3 rings (SSSR count). The number of carbonyl (C=O) groups is 1. The van der Waals surface area contributed by atoms with Gasteiger partial charge in [0.1, 0.15) is 6.54 Å². The minimum Gasteiger partial charge on any atom is -0.480 e. The van der Waals surface area contributed by atoms with E-state index in [-0.39, 0.29) is 6.54 Å². The molecule has 3 N–H and O–H groups in total. The number of carboxylic acids is 1. The summed E-state index contributed by atoms with van der Waals surface area (Å²) in [5.74, 6) is -0.138. The van der Waals surface area contributed by atoms with Gasteiger partial charge >= 0.3 is 5.97 Å². The quantitative estimate of drug-likeness (QED) is 0.639. The van der Waals surface area contributed by atoms with Crippen LogP contribution in [0.25, 0.3) is 5.69 Å². The van der Waals surface area contributed by atoms with Crippen molar-refractivity contribution in [3.05, 3.63) is 65.9 Å². The molecule has 0 radical (unpaired) electrons. The zero-order valence-corrected chi connectivity index (χ0v) is 14.2. The number of hydrogen-bond donors (Lipinski definition) is 3. The van der Waals surface area contributed by atoms with Gasteiger partial charge in [-0.05, 0) is 49.2 Å². The van der Waals surface area contributed by atoms with Crippen LogP contribution in [0.2, 0.25) is 0 Å². The molecule has 0 aliphatic rings. The zero-order valence-electron chi connectivity index (χ0n) is 14.2. The van der Waals surface area contributed by atoms with E-state index in [4.69, 9.17) is 5.11 Å². The Morgan fingerprint density at radius 1 is 1.12 bits per heavy atom. The Morgan fingerprint density at radius 2 is 1.80 bits per heavy atom. The van der Waals surface area contributed by atoms with Crippen molar-refractivity contribution < 1.29 is 9.90 Å². The van der Waals surface area contributed by atoms with Gasteiger partial charge in [0.05, 0.1) is 5.69 Å². The Balaban J connectivity index is 1.77. The van der Waals surface area contributed by atoms with Crippen LogP contribution in [0.5, 0.6) is 0 Å². The smallest absolute Gasteiger partial charge is 0.322 e. The fraction of sp³-hybridized carbons (Fsp3) is 0.158. The third kappa shape index (κ3) is 3.98. The number of aryl methyl sites for hydroxylation is 2. The van der Waals surface area contributed by atoms with E-state index in [0.717, 1.165) is 34.0 Å². The first-order valence-electron chi connectivity index (χ1n) is 7.98. The molecular weight excluding hydrogens is 316 g/mol. The molecule has 6 nitrogen and oxygen atoms in total. The summed E-state index contributed by atoms with van der Waals surface area (Å²) in [4.78, 5) is 10.7. The third-order valence-electron chi connectivity index (χ3n) is 3.83. The number of nitrogens with one attached hydrogen (secondary N) is 2. The second kappa shape index (κ2) is 7.09. The number of aliphatic carboxylic acids is 1. The average molecular weight is 336 g/mol. The molecule has 3 aromatic rings. The number of aromatic nitrogens is 2. The van der Waals surface area contributed by atoms with Crippen molar-refractivity contribution in [2.45, 2.75) is 13.8 Å². The van der Waals surface area contributed by atoms with Crippen LogP contribution in [0, 0.1) is 13.8 Å². The maximum atomic E-state index is 10.7. The van der Waals surface area contributed by atoms with Crippen molar-refractivity contribution >= 4 is 23.2 Å². The van der Waals surface area contributed by atoms with Gasteiger partial charge in [0.2, 0.25) is 0 Å². The molecule has 0 atom stereocenters. The number of carboxylic acid groups (broad SMARTS) is 1. The Kier molecular flexibility index (Phi) is 4.70. The van der Waals surface area contributed by atoms with E-state index in [2.05, 4.69) is 15.7 Å². The normalized spacial score (nSPS) is 10.5. The van der Waals surface area contributed by atoms with Gasteiger partial charge in [-0.25, -0.2) is 4.68 Å². The van der Waals surface area contributed by atoms with E-state index in [1.807, 2.05) is 73.3 Å². The SMILES string of the molecule is Cc1cc(Nc2ccn(-c3ccccc3)n2)cc(C)c1NCC(=O)O. The number of rotatable bonds is 6. The lowest BCUT2D eigenvalue weighted by Crippen LogP contribution is -2.14. The molecule has 25 heavy (non-hydrogen) atoms. The largest absolute Gasteiger partial charge is 0.480 e. The summed E-state index contributed by atoms with van der Waals surface area (Å²) in [7, 11) is 0. The van der Waals surface area contributed by atoms with Gasteiger partial charge < -0.3 is 15.7 Å². The summed E-state index contributed by atoms with van der Waals surface area (Å²) >= 11 is 0. The molecule has 0 saturated carbocycles. The molecule has 0 fully saturated rings. The maximum absolute atomic E-state index is 10.7. The van der Waals surface area contributed by atoms with E-state index < -0.39 is 5.97 Å². The Labute approximate surface area is 146 Å². The average Bonchev–Trinajstić information content (AvgIpc) is 3.03. The molecule has 0 saturated heterocycles. The molecule has 128 valence electrons. The van der Waals surface area contributed by atoms with Crippen LogP contribution in [-0.4, -0.2) is 27.4 Å². The van der Waals surface area contributed by atoms with Gasteiger partial charge in [-0.2, -0.15) is 5.10 Å². The maximum Gasteiger partial charge on any atom is 0.322 e. The van der Waals surface area contributed by atoms with Crippen LogP contribution in [0.4, 0.5) is 17.2 Å². The first-order chi connectivity index (χ1) is 12.0. The molecule has 1 aromatic heterocycles. The topological polar surface area (TPSA) is 79.2 Å². The molecular formula is C19H20N4O2. The van der Waals surface area contributed by atoms with Crippen LogP contribution < -0.4 is 10.6 Å². The van der Waals surface area contributed by atoms with E-state index in [1.54, 1.807) is 0 Å². The van der Waals surface area contributed by atoms with E-state index in [1.165, 1.54) is 0 Å². The molecule has 0 spiro atoms. The number of anilines is 3. The predicted molar refractivity (Wildman–Crippen MR) is 98.9 cm³/mol. The van der Waals surface area contributed by atoms with Crippen LogP contribution in [-0.2, 0) is 4.79 Å². The third-order valence-corrected chi connectivity index (χ3v) is 3.83. The van der Waals surface area contributed by atoms with Crippen molar-refractivity contribution in [2.75, 3.05) is 17.2 Å². The van der Waals surface area contributed by atoms with E-state index in [9.17, 15) is 4.79 Å². The van der Waals surface area contributed by atoms with Crippen molar-refractivity contribution in [1.82, 2.24) is 9.78 Å². The van der Waals surface area contributed by atoms with Gasteiger partial charge in [0.25, 0.3) is 0 Å². The predicted octanol–water partition coefficient (Wildman–Crippen LogP) is 3.73. The Morgan fingerprint density at radius 3 is 2.44 bits per heavy atom. The van der Waals surface area contributed by atoms with Gasteiger partial charge in [-0.3, -0.25) is 4.79 Å². The second-order valence-corrected chi connectivity index (χ2v) is 5.84. The van der Waals surface area contributed by atoms with Gasteiger partial charge in [-0.1, -0.05) is 18.2 Å². The molecule has 0 amide bonds. The number of benzene rings is 2. The molecule has 0 unspecified atom stereocenters. The Bertz CT molecular complexity index is 864. The fourth-order valence-corrected chi connectivity index (χ4v) is 2.74. The van der Waals surface area contributed by atoms with Gasteiger partial charge in [0, 0.05) is 23.6 Å². The molecule has 0 bridgehead atoms. The highest BCUT2D eigenvalue weighted by atomic mass is 16.4. The summed E-state index contributed by atoms with van der Waals surface area (Å²) in [6.07, 6.45) is 1.90. The highest BCUT2D eigenvalue weighted by Gasteiger charge is 2.08. The highest BCUT2D eigenvalue weighted by molar-refractivity contribution is 5.75. The van der Waals surface area contributed by atoms with E-state index in [0.29, 0.717) is 0 Å². The van der Waals surface area contributed by atoms with Gasteiger partial charge in [0.15, 0.2) is 5.82 Å². The first-order valence-corrected chi connectivity index (χ1v) is 7.98. The highest BCUT2D eigenvalue weighted by Crippen LogP contribution is 2.26. The molecule has 6 heteroatoms. The van der Waals surface area contributed by atoms with Crippen molar-refractivity contribution in [3.63, 3.8) is 0 Å². The first kappa shape index (κ1) is 16.6. The molecule has 0 aliphatic carbocycles. The van der Waals surface area contributed by atoms with Crippen LogP contribution in [0.1, 0.15) is 11.1 Å².